The fourth-order valence-electron chi connectivity index (χ4n) is 7.49. The SMILES string of the molecule is C=C1CCC[C@]2(C)C[C@H]3OC(=O)C(CN4CCC(N5CCCCC5)CC4)[C@H]3CC12. The van der Waals surface area contributed by atoms with Crippen LogP contribution in [0.5, 0.6) is 0 Å². The van der Waals surface area contributed by atoms with E-state index in [2.05, 4.69) is 23.3 Å². The minimum atomic E-state index is 0.0887. The number of carbonyl (C=O) groups is 1. The zero-order valence-corrected chi connectivity index (χ0v) is 18.4. The molecule has 29 heavy (non-hydrogen) atoms. The highest BCUT2D eigenvalue weighted by Crippen LogP contribution is 2.57. The Labute approximate surface area is 177 Å². The number of hydrogen-bond donors (Lipinski definition) is 0. The molecule has 5 aliphatic rings. The zero-order chi connectivity index (χ0) is 20.0. The Morgan fingerprint density at radius 3 is 2.62 bits per heavy atom. The molecule has 5 atom stereocenters. The largest absolute Gasteiger partial charge is 0.462 e. The van der Waals surface area contributed by atoms with E-state index in [4.69, 9.17) is 4.74 Å². The molecule has 0 radical (unpaired) electrons. The monoisotopic (exact) mass is 400 g/mol. The van der Waals surface area contributed by atoms with Crippen LogP contribution in [0.1, 0.15) is 71.1 Å². The van der Waals surface area contributed by atoms with Crippen LogP contribution in [0.2, 0.25) is 0 Å². The minimum Gasteiger partial charge on any atom is -0.462 e. The Morgan fingerprint density at radius 2 is 1.86 bits per heavy atom. The predicted octanol–water partition coefficient (Wildman–Crippen LogP) is 4.25. The highest BCUT2D eigenvalue weighted by Gasteiger charge is 2.55. The third kappa shape index (κ3) is 3.80. The number of nitrogens with zero attached hydrogens (tertiary/aromatic N) is 2. The van der Waals surface area contributed by atoms with Gasteiger partial charge in [0.15, 0.2) is 0 Å². The van der Waals surface area contributed by atoms with Crippen molar-refractivity contribution in [2.45, 2.75) is 83.3 Å². The molecule has 2 saturated carbocycles. The average molecular weight is 401 g/mol. The molecule has 3 aliphatic heterocycles. The van der Waals surface area contributed by atoms with Crippen molar-refractivity contribution in [1.29, 1.82) is 0 Å². The van der Waals surface area contributed by atoms with Gasteiger partial charge in [-0.2, -0.15) is 0 Å². The fourth-order valence-corrected chi connectivity index (χ4v) is 7.49. The van der Waals surface area contributed by atoms with Gasteiger partial charge in [-0.05, 0) is 95.3 Å². The van der Waals surface area contributed by atoms with Crippen molar-refractivity contribution in [3.63, 3.8) is 0 Å². The van der Waals surface area contributed by atoms with E-state index in [0.29, 0.717) is 17.3 Å². The number of carbonyl (C=O) groups excluding carboxylic acids is 1. The molecule has 0 aromatic heterocycles. The van der Waals surface area contributed by atoms with Gasteiger partial charge < -0.3 is 14.5 Å². The number of ether oxygens (including phenoxy) is 1. The van der Waals surface area contributed by atoms with E-state index in [-0.39, 0.29) is 18.0 Å². The van der Waals surface area contributed by atoms with E-state index in [9.17, 15) is 4.79 Å². The maximum atomic E-state index is 12.8. The Kier molecular flexibility index (Phi) is 5.53. The summed E-state index contributed by atoms with van der Waals surface area (Å²) in [5.74, 6) is 1.19. The van der Waals surface area contributed by atoms with Gasteiger partial charge in [0.05, 0.1) is 5.92 Å². The Balaban J connectivity index is 1.20. The van der Waals surface area contributed by atoms with E-state index in [1.807, 2.05) is 0 Å². The molecule has 0 amide bonds. The van der Waals surface area contributed by atoms with E-state index < -0.39 is 0 Å². The number of allylic oxidation sites excluding steroid dienone is 1. The third-order valence-electron chi connectivity index (χ3n) is 9.24. The van der Waals surface area contributed by atoms with Gasteiger partial charge in [-0.1, -0.05) is 25.5 Å². The summed E-state index contributed by atoms with van der Waals surface area (Å²) in [6.45, 7) is 12.7. The van der Waals surface area contributed by atoms with Crippen molar-refractivity contribution in [2.24, 2.45) is 23.2 Å². The van der Waals surface area contributed by atoms with Gasteiger partial charge in [-0.15, -0.1) is 0 Å². The predicted molar refractivity (Wildman–Crippen MR) is 116 cm³/mol. The van der Waals surface area contributed by atoms with Crippen molar-refractivity contribution >= 4 is 5.97 Å². The van der Waals surface area contributed by atoms with Crippen LogP contribution in [-0.2, 0) is 9.53 Å². The lowest BCUT2D eigenvalue weighted by molar-refractivity contribution is -0.146. The molecular formula is C25H40N2O2. The second kappa shape index (κ2) is 8.00. The lowest BCUT2D eigenvalue weighted by Crippen LogP contribution is -2.49. The van der Waals surface area contributed by atoms with Gasteiger partial charge in [0, 0.05) is 18.5 Å². The summed E-state index contributed by atoms with van der Waals surface area (Å²) in [7, 11) is 0. The second-order valence-corrected chi connectivity index (χ2v) is 11.0. The molecule has 162 valence electrons. The van der Waals surface area contributed by atoms with Crippen LogP contribution in [0.15, 0.2) is 12.2 Å². The molecule has 5 rings (SSSR count). The summed E-state index contributed by atoms with van der Waals surface area (Å²) in [5.41, 5.74) is 1.75. The molecule has 5 fully saturated rings. The summed E-state index contributed by atoms with van der Waals surface area (Å²) >= 11 is 0. The van der Waals surface area contributed by atoms with Gasteiger partial charge >= 0.3 is 5.97 Å². The molecule has 2 aliphatic carbocycles. The highest BCUT2D eigenvalue weighted by molar-refractivity contribution is 5.75. The number of esters is 1. The summed E-state index contributed by atoms with van der Waals surface area (Å²) < 4.78 is 5.98. The maximum Gasteiger partial charge on any atom is 0.310 e. The van der Waals surface area contributed by atoms with E-state index in [0.717, 1.165) is 38.5 Å². The van der Waals surface area contributed by atoms with Gasteiger partial charge in [0.1, 0.15) is 6.10 Å². The summed E-state index contributed by atoms with van der Waals surface area (Å²) in [6.07, 6.45) is 12.8. The topological polar surface area (TPSA) is 32.8 Å². The Bertz CT molecular complexity index is 635. The lowest BCUT2D eigenvalue weighted by atomic mass is 9.55. The second-order valence-electron chi connectivity index (χ2n) is 11.0. The molecule has 3 heterocycles. The van der Waals surface area contributed by atoms with Crippen molar-refractivity contribution in [3.8, 4) is 0 Å². The number of fused-ring (bicyclic) bond motifs is 2. The van der Waals surface area contributed by atoms with Crippen LogP contribution in [0.25, 0.3) is 0 Å². The van der Waals surface area contributed by atoms with Crippen LogP contribution >= 0.6 is 0 Å². The molecular weight excluding hydrogens is 360 g/mol. The van der Waals surface area contributed by atoms with Crippen molar-refractivity contribution in [2.75, 3.05) is 32.7 Å². The van der Waals surface area contributed by atoms with E-state index in [1.165, 1.54) is 70.0 Å². The Hall–Kier alpha value is -0.870. The van der Waals surface area contributed by atoms with Crippen LogP contribution in [0.3, 0.4) is 0 Å². The number of hydrogen-bond acceptors (Lipinski definition) is 4. The molecule has 4 heteroatoms. The van der Waals surface area contributed by atoms with Gasteiger partial charge in [0.25, 0.3) is 0 Å². The lowest BCUT2D eigenvalue weighted by Gasteiger charge is -2.50. The first-order valence-corrected chi connectivity index (χ1v) is 12.4. The van der Waals surface area contributed by atoms with Gasteiger partial charge in [-0.3, -0.25) is 4.79 Å². The fraction of sp³-hybridized carbons (Fsp3) is 0.880. The molecule has 0 aromatic carbocycles. The summed E-state index contributed by atoms with van der Waals surface area (Å²) in [5, 5.41) is 0. The van der Waals surface area contributed by atoms with Crippen LogP contribution < -0.4 is 0 Å². The highest BCUT2D eigenvalue weighted by atomic mass is 16.6. The van der Waals surface area contributed by atoms with Gasteiger partial charge in [0.2, 0.25) is 0 Å². The molecule has 4 nitrogen and oxygen atoms in total. The quantitative estimate of drug-likeness (QED) is 0.524. The Morgan fingerprint density at radius 1 is 1.10 bits per heavy atom. The molecule has 0 bridgehead atoms. The normalized spacial score (nSPS) is 42.4. The first-order valence-electron chi connectivity index (χ1n) is 12.4. The number of piperidine rings is 2. The zero-order valence-electron chi connectivity index (χ0n) is 18.4. The standard InChI is InChI=1S/C25H40N2O2/c1-18-7-6-10-25(2)16-23-20(15-22(18)25)21(24(28)29-23)17-26-13-8-19(9-14-26)27-11-4-3-5-12-27/h19-23H,1,3-17H2,2H3/t20-,21?,22?,23-,25-/m1/s1. The first-order chi connectivity index (χ1) is 14.0. The maximum absolute atomic E-state index is 12.8. The van der Waals surface area contributed by atoms with Gasteiger partial charge in [-0.25, -0.2) is 0 Å². The smallest absolute Gasteiger partial charge is 0.310 e. The van der Waals surface area contributed by atoms with Crippen molar-refractivity contribution in [1.82, 2.24) is 9.80 Å². The van der Waals surface area contributed by atoms with E-state index in [1.54, 1.807) is 0 Å². The van der Waals surface area contributed by atoms with Crippen LogP contribution in [0.4, 0.5) is 0 Å². The molecule has 3 saturated heterocycles. The van der Waals surface area contributed by atoms with Crippen LogP contribution in [-0.4, -0.2) is 60.6 Å². The van der Waals surface area contributed by atoms with Crippen molar-refractivity contribution < 1.29 is 9.53 Å². The summed E-state index contributed by atoms with van der Waals surface area (Å²) in [6, 6.07) is 0.774. The molecule has 2 unspecified atom stereocenters. The summed E-state index contributed by atoms with van der Waals surface area (Å²) in [4.78, 5) is 18.1. The first kappa shape index (κ1) is 20.1. The number of rotatable bonds is 3. The van der Waals surface area contributed by atoms with Crippen molar-refractivity contribution in [3.05, 3.63) is 12.2 Å². The molecule has 0 aromatic rings. The van der Waals surface area contributed by atoms with Crippen LogP contribution in [0, 0.1) is 23.2 Å². The van der Waals surface area contributed by atoms with E-state index >= 15 is 0 Å². The number of likely N-dealkylation sites (tertiary alicyclic amines) is 2. The minimum absolute atomic E-state index is 0.0887. The molecule has 0 N–H and O–H groups in total. The molecule has 0 spiro atoms. The third-order valence-corrected chi connectivity index (χ3v) is 9.24. The average Bonchev–Trinajstić information content (AvgIpc) is 3.01.